The Labute approximate surface area is 255 Å². The van der Waals surface area contributed by atoms with Crippen LogP contribution in [0.2, 0.25) is 0 Å². The molecule has 4 N–H and O–H groups in total. The van der Waals surface area contributed by atoms with Gasteiger partial charge in [-0.1, -0.05) is 42.5 Å². The topological polar surface area (TPSA) is 173 Å². The molecule has 0 aromatic heterocycles. The maximum Gasteiger partial charge on any atom is 0.472 e. The van der Waals surface area contributed by atoms with Gasteiger partial charge >= 0.3 is 19.8 Å². The summed E-state index contributed by atoms with van der Waals surface area (Å²) in [5, 5.41) is 8.78. The summed E-state index contributed by atoms with van der Waals surface area (Å²) in [5.74, 6) is 0.271. The summed E-state index contributed by atoms with van der Waals surface area (Å²) in [6, 6.07) is 23.1. The number of carboxylic acid groups (broad SMARTS) is 1. The number of esters is 1. The summed E-state index contributed by atoms with van der Waals surface area (Å²) in [5.41, 5.74) is 7.10. The summed E-state index contributed by atoms with van der Waals surface area (Å²) >= 11 is 0. The Hall–Kier alpha value is -3.77. The van der Waals surface area contributed by atoms with Crippen molar-refractivity contribution in [2.75, 3.05) is 19.8 Å². The van der Waals surface area contributed by atoms with Crippen LogP contribution in [-0.4, -0.2) is 60.0 Å². The third-order valence-corrected chi connectivity index (χ3v) is 7.55. The lowest BCUT2D eigenvalue weighted by molar-refractivity contribution is -0.166. The van der Waals surface area contributed by atoms with Gasteiger partial charge in [0, 0.05) is 13.0 Å². The Bertz CT molecular complexity index is 1420. The van der Waals surface area contributed by atoms with Gasteiger partial charge in [0.15, 0.2) is 0 Å². The number of aryl methyl sites for hydroxylation is 1. The highest BCUT2D eigenvalue weighted by molar-refractivity contribution is 7.47. The highest BCUT2D eigenvalue weighted by Crippen LogP contribution is 2.43. The van der Waals surface area contributed by atoms with E-state index in [1.54, 1.807) is 0 Å². The number of carboxylic acids is 1. The lowest BCUT2D eigenvalue weighted by Gasteiger charge is -2.31. The van der Waals surface area contributed by atoms with E-state index in [9.17, 15) is 19.0 Å². The van der Waals surface area contributed by atoms with Crippen molar-refractivity contribution >= 4 is 19.8 Å². The van der Waals surface area contributed by atoms with Gasteiger partial charge in [-0.15, -0.1) is 0 Å². The molecule has 0 bridgehead atoms. The first-order valence-corrected chi connectivity index (χ1v) is 15.6. The Balaban J connectivity index is 1.22. The summed E-state index contributed by atoms with van der Waals surface area (Å²) in [7, 11) is -4.60. The van der Waals surface area contributed by atoms with Gasteiger partial charge in [-0.2, -0.15) is 0 Å². The number of carbonyl (C=O) groups is 2. The molecule has 0 amide bonds. The number of para-hydroxylation sites is 1. The van der Waals surface area contributed by atoms with E-state index in [1.165, 1.54) is 0 Å². The molecule has 4 rings (SSSR count). The average Bonchev–Trinajstić information content (AvgIpc) is 3.02. The molecule has 1 fully saturated rings. The fourth-order valence-corrected chi connectivity index (χ4v) is 5.07. The number of nitrogens with two attached hydrogens (primary N) is 1. The normalized spacial score (nSPS) is 18.5. The third kappa shape index (κ3) is 11.1. The molecule has 4 atom stereocenters. The quantitative estimate of drug-likeness (QED) is 0.148. The zero-order valence-electron chi connectivity index (χ0n) is 24.0. The minimum atomic E-state index is -4.60. The van der Waals surface area contributed by atoms with Crippen LogP contribution in [0.5, 0.6) is 17.2 Å². The van der Waals surface area contributed by atoms with Crippen LogP contribution in [0.25, 0.3) is 0 Å². The maximum atomic E-state index is 12.7. The van der Waals surface area contributed by atoms with Crippen LogP contribution in [0.1, 0.15) is 30.4 Å². The highest BCUT2D eigenvalue weighted by atomic mass is 31.2. The van der Waals surface area contributed by atoms with Crippen molar-refractivity contribution in [3.63, 3.8) is 0 Å². The van der Waals surface area contributed by atoms with Crippen LogP contribution >= 0.6 is 7.82 Å². The summed E-state index contributed by atoms with van der Waals surface area (Å²) in [6.07, 6.45) is 0.152. The third-order valence-electron chi connectivity index (χ3n) is 6.60. The SMILES string of the molecule is N[C@@H](COP(=O)(O)OC[C@H]1OCCC[C@H]1OC(=O)CCc1cccc(OCc2cccc(Oc3ccccc3)c2)c1)C(=O)O. The van der Waals surface area contributed by atoms with Gasteiger partial charge in [-0.25, -0.2) is 4.57 Å². The molecule has 3 aromatic rings. The van der Waals surface area contributed by atoms with E-state index < -0.39 is 51.2 Å². The summed E-state index contributed by atoms with van der Waals surface area (Å²) < 4.78 is 44.8. The number of phosphoric acid groups is 1. The number of phosphoric ester groups is 1. The average molecular weight is 630 g/mol. The number of hydrogen-bond donors (Lipinski definition) is 3. The number of ether oxygens (including phenoxy) is 4. The first-order valence-electron chi connectivity index (χ1n) is 14.1. The minimum absolute atomic E-state index is 0.0983. The number of aliphatic carboxylic acids is 1. The van der Waals surface area contributed by atoms with Gasteiger partial charge < -0.3 is 34.7 Å². The fourth-order valence-electron chi connectivity index (χ4n) is 4.31. The standard InChI is InChI=1S/C31H36NO11P/c32-27(31(34)35)20-40-44(36,37)41-21-29-28(13-6-16-38-29)43-30(33)15-14-22-7-4-11-25(17-22)39-19-23-8-5-12-26(18-23)42-24-9-2-1-3-10-24/h1-5,7-12,17-18,27-29H,6,13-16,19-21,32H2,(H,34,35)(H,36,37)/t27-,28+,29+/m0/s1. The van der Waals surface area contributed by atoms with Crippen molar-refractivity contribution in [3.05, 3.63) is 90.0 Å². The molecule has 0 saturated carbocycles. The molecule has 0 radical (unpaired) electrons. The van der Waals surface area contributed by atoms with Crippen molar-refractivity contribution in [1.82, 2.24) is 0 Å². The number of carbonyl (C=O) groups excluding carboxylic acids is 1. The van der Waals surface area contributed by atoms with Gasteiger partial charge in [-0.05, 0) is 66.8 Å². The Morgan fingerprint density at radius 3 is 2.43 bits per heavy atom. The molecular weight excluding hydrogens is 593 g/mol. The van der Waals surface area contributed by atoms with Crippen LogP contribution in [0, 0.1) is 0 Å². The molecule has 44 heavy (non-hydrogen) atoms. The van der Waals surface area contributed by atoms with Gasteiger partial charge in [0.2, 0.25) is 0 Å². The molecule has 13 heteroatoms. The molecule has 1 saturated heterocycles. The zero-order chi connectivity index (χ0) is 31.4. The van der Waals surface area contributed by atoms with Gasteiger partial charge in [-0.3, -0.25) is 18.6 Å². The van der Waals surface area contributed by atoms with Crippen LogP contribution < -0.4 is 15.2 Å². The second-order valence-corrected chi connectivity index (χ2v) is 11.5. The Morgan fingerprint density at radius 2 is 1.66 bits per heavy atom. The predicted molar refractivity (Wildman–Crippen MR) is 158 cm³/mol. The molecule has 0 spiro atoms. The second-order valence-electron chi connectivity index (χ2n) is 10.1. The summed E-state index contributed by atoms with van der Waals surface area (Å²) in [6.45, 7) is -0.411. The number of benzene rings is 3. The van der Waals surface area contributed by atoms with Crippen molar-refractivity contribution < 1.29 is 52.1 Å². The maximum absolute atomic E-state index is 12.7. The molecule has 1 aliphatic rings. The predicted octanol–water partition coefficient (Wildman–Crippen LogP) is 4.63. The molecule has 1 unspecified atom stereocenters. The molecule has 236 valence electrons. The van der Waals surface area contributed by atoms with Crippen molar-refractivity contribution in [1.29, 1.82) is 0 Å². The first kappa shape index (κ1) is 33.1. The first-order chi connectivity index (χ1) is 21.2. The smallest absolute Gasteiger partial charge is 0.472 e. The van der Waals surface area contributed by atoms with E-state index in [0.717, 1.165) is 16.9 Å². The van der Waals surface area contributed by atoms with Crippen LogP contribution in [0.15, 0.2) is 78.9 Å². The van der Waals surface area contributed by atoms with Crippen molar-refractivity contribution in [2.45, 2.75) is 50.5 Å². The Kier molecular flexibility index (Phi) is 12.3. The van der Waals surface area contributed by atoms with Gasteiger partial charge in [0.1, 0.15) is 42.1 Å². The molecule has 1 heterocycles. The zero-order valence-corrected chi connectivity index (χ0v) is 24.9. The van der Waals surface area contributed by atoms with E-state index in [0.29, 0.717) is 44.0 Å². The van der Waals surface area contributed by atoms with E-state index in [2.05, 4.69) is 4.52 Å². The van der Waals surface area contributed by atoms with E-state index in [4.69, 9.17) is 34.3 Å². The fraction of sp³-hybridized carbons (Fsp3) is 0.355. The number of hydrogen-bond acceptors (Lipinski definition) is 10. The lowest BCUT2D eigenvalue weighted by atomic mass is 10.1. The largest absolute Gasteiger partial charge is 0.489 e. The number of rotatable bonds is 16. The lowest BCUT2D eigenvalue weighted by Crippen LogP contribution is -2.40. The van der Waals surface area contributed by atoms with Gasteiger partial charge in [0.05, 0.1) is 13.2 Å². The van der Waals surface area contributed by atoms with Crippen molar-refractivity contribution in [2.24, 2.45) is 5.73 Å². The molecule has 3 aromatic carbocycles. The molecule has 0 aliphatic carbocycles. The molecular formula is C31H36NO11P. The van der Waals surface area contributed by atoms with E-state index >= 15 is 0 Å². The van der Waals surface area contributed by atoms with E-state index in [1.807, 2.05) is 78.9 Å². The second kappa shape index (κ2) is 16.3. The minimum Gasteiger partial charge on any atom is -0.489 e. The highest BCUT2D eigenvalue weighted by Gasteiger charge is 2.33. The summed E-state index contributed by atoms with van der Waals surface area (Å²) in [4.78, 5) is 33.3. The van der Waals surface area contributed by atoms with Gasteiger partial charge in [0.25, 0.3) is 0 Å². The monoisotopic (exact) mass is 629 g/mol. The Morgan fingerprint density at radius 1 is 0.955 bits per heavy atom. The molecule has 12 nitrogen and oxygen atoms in total. The van der Waals surface area contributed by atoms with Crippen molar-refractivity contribution in [3.8, 4) is 17.2 Å². The van der Waals surface area contributed by atoms with Crippen LogP contribution in [-0.2, 0) is 45.7 Å². The van der Waals surface area contributed by atoms with Crippen LogP contribution in [0.3, 0.4) is 0 Å². The van der Waals surface area contributed by atoms with Crippen LogP contribution in [0.4, 0.5) is 0 Å². The molecule has 1 aliphatic heterocycles. The van der Waals surface area contributed by atoms with E-state index in [-0.39, 0.29) is 6.42 Å².